The zero-order valence-electron chi connectivity index (χ0n) is 48.3. The number of carboxylic acid groups (broad SMARTS) is 2. The van der Waals surface area contributed by atoms with Crippen molar-refractivity contribution in [1.29, 1.82) is 0 Å². The molecule has 88 heavy (non-hydrogen) atoms. The van der Waals surface area contributed by atoms with E-state index in [-0.39, 0.29) is 120 Å². The van der Waals surface area contributed by atoms with Crippen LogP contribution in [-0.4, -0.2) is 96.9 Å². The van der Waals surface area contributed by atoms with E-state index in [1.807, 2.05) is 134 Å². The summed E-state index contributed by atoms with van der Waals surface area (Å²) in [4.78, 5) is 44.6. The molecule has 0 aliphatic rings. The molecule has 6 N–H and O–H groups in total. The third-order valence-electron chi connectivity index (χ3n) is 11.2. The van der Waals surface area contributed by atoms with Gasteiger partial charge in [-0.1, -0.05) is 72.8 Å². The number of hydrogen-bond acceptors (Lipinski definition) is 12. The van der Waals surface area contributed by atoms with Crippen LogP contribution in [0.1, 0.15) is 61.5 Å². The summed E-state index contributed by atoms with van der Waals surface area (Å²) >= 11 is 0. The van der Waals surface area contributed by atoms with Crippen LogP contribution < -0.4 is 0 Å². The standard InChI is InChI=1S/2C13H8N.2C11H8N.2C6H5NO2.2C5H12O2.4Pt/c2*1-2-6-12-10(4-1)7-8-11-5-3-9-14-13(11)12;2*1-2-6-10(7-3-1)11-8-4-5-9-12-11;2*8-6(9)5-3-1-2-4-7-5;2*1-4(6)3-5(2)7;;;;/h2*1-5,7-9H;2*1-6,8-9H;2*1-4H,(H,8,9);2*4-7H,3H2,1-2H3;;;;/q4*-1;;;;;;;;. The van der Waals surface area contributed by atoms with E-state index in [0.29, 0.717) is 12.8 Å². The molecule has 0 aliphatic carbocycles. The van der Waals surface area contributed by atoms with Gasteiger partial charge in [0.05, 0.1) is 24.4 Å². The number of carboxylic acids is 2. The number of carbonyl (C=O) groups is 2. The summed E-state index contributed by atoms with van der Waals surface area (Å²) in [6.45, 7) is 6.64. The van der Waals surface area contributed by atoms with Crippen molar-refractivity contribution in [3.05, 3.63) is 279 Å². The van der Waals surface area contributed by atoms with Crippen LogP contribution in [0.3, 0.4) is 0 Å². The molecular weight excluding hydrogens is 1830 g/mol. The fraction of sp³-hybridized carbons (Fsp3) is 0.143. The van der Waals surface area contributed by atoms with Crippen LogP contribution in [0, 0.1) is 24.3 Å². The van der Waals surface area contributed by atoms with E-state index in [0.717, 1.165) is 44.3 Å². The van der Waals surface area contributed by atoms with Gasteiger partial charge in [-0.2, -0.15) is 0 Å². The first kappa shape index (κ1) is 78.8. The van der Waals surface area contributed by atoms with Crippen LogP contribution in [0.5, 0.6) is 0 Å². The van der Waals surface area contributed by atoms with E-state index in [1.54, 1.807) is 64.4 Å². The molecule has 6 aromatic carbocycles. The average molecular weight is 1900 g/mol. The van der Waals surface area contributed by atoms with E-state index in [4.69, 9.17) is 30.6 Å². The SMILES string of the molecule is CC(O)CC(C)O.CC(O)CC(C)O.O=C(O)c1ccccn1.O=C(O)c1ccccn1.[Pt].[Pt].[Pt].[Pt].[c-]1cccc2ccc3cccnc3c12.[c-]1cccc2ccc3cccnc3c12.[c-]1ccccc1-c1ccccn1.[c-]1ccccc1-c1ccccn1. The van der Waals surface area contributed by atoms with Crippen molar-refractivity contribution in [3.63, 3.8) is 0 Å². The molecule has 0 radical (unpaired) electrons. The Bertz CT molecular complexity index is 3330. The maximum Gasteiger partial charge on any atom is 0.354 e. The second-order valence-electron chi connectivity index (χ2n) is 18.4. The van der Waals surface area contributed by atoms with Crippen LogP contribution in [0.4, 0.5) is 0 Å². The number of fused-ring (bicyclic) bond motifs is 6. The summed E-state index contributed by atoms with van der Waals surface area (Å²) in [5.74, 6) is -1.98. The summed E-state index contributed by atoms with van der Waals surface area (Å²) in [5, 5.41) is 57.8. The monoisotopic (exact) mass is 1900 g/mol. The second kappa shape index (κ2) is 45.1. The molecule has 14 nitrogen and oxygen atoms in total. The Morgan fingerprint density at radius 2 is 0.648 bits per heavy atom. The molecule has 6 aromatic heterocycles. The van der Waals surface area contributed by atoms with Gasteiger partial charge < -0.3 is 50.6 Å². The summed E-state index contributed by atoms with van der Waals surface area (Å²) < 4.78 is 0. The van der Waals surface area contributed by atoms with Gasteiger partial charge in [-0.15, -0.1) is 142 Å². The minimum absolute atomic E-state index is 0. The molecule has 468 valence electrons. The molecule has 0 amide bonds. The summed E-state index contributed by atoms with van der Waals surface area (Å²) in [5.41, 5.74) is 6.25. The van der Waals surface area contributed by atoms with Crippen LogP contribution in [0.25, 0.3) is 65.9 Å². The molecule has 0 saturated carbocycles. The quantitative estimate of drug-likeness (QED) is 0.0614. The van der Waals surface area contributed by atoms with Crippen molar-refractivity contribution in [2.75, 3.05) is 0 Å². The first-order chi connectivity index (χ1) is 40.7. The molecular formula is C70H66N6O8Pt4-4. The Morgan fingerprint density at radius 3 is 0.920 bits per heavy atom. The number of rotatable bonds is 8. The third kappa shape index (κ3) is 29.7. The first-order valence-corrected chi connectivity index (χ1v) is 26.8. The van der Waals surface area contributed by atoms with Crippen LogP contribution in [0.2, 0.25) is 0 Å². The van der Waals surface area contributed by atoms with E-state index in [2.05, 4.69) is 103 Å². The predicted octanol–water partition coefficient (Wildman–Crippen LogP) is 13.3. The summed E-state index contributed by atoms with van der Waals surface area (Å²) in [6, 6.07) is 78.1. The largest absolute Gasteiger partial charge is 0.477 e. The average Bonchev–Trinajstić information content (AvgIpc) is 2.03. The van der Waals surface area contributed by atoms with E-state index < -0.39 is 11.9 Å². The Kier molecular flexibility index (Phi) is 40.4. The van der Waals surface area contributed by atoms with Crippen LogP contribution in [-0.2, 0) is 84.3 Å². The molecule has 12 rings (SSSR count). The number of aromatic carboxylic acids is 2. The van der Waals surface area contributed by atoms with Crippen molar-refractivity contribution < 1.29 is 124 Å². The fourth-order valence-corrected chi connectivity index (χ4v) is 7.58. The molecule has 0 saturated heterocycles. The molecule has 0 bridgehead atoms. The molecule has 4 unspecified atom stereocenters. The predicted molar refractivity (Wildman–Crippen MR) is 332 cm³/mol. The van der Waals surface area contributed by atoms with Crippen molar-refractivity contribution in [2.45, 2.75) is 65.0 Å². The van der Waals surface area contributed by atoms with Crippen molar-refractivity contribution in [3.8, 4) is 22.5 Å². The number of hydrogen-bond donors (Lipinski definition) is 6. The minimum atomic E-state index is -0.990. The number of pyridine rings is 6. The van der Waals surface area contributed by atoms with Gasteiger partial charge in [0.2, 0.25) is 0 Å². The molecule has 0 fully saturated rings. The zero-order chi connectivity index (χ0) is 60.3. The van der Waals surface area contributed by atoms with Crippen molar-refractivity contribution in [2.24, 2.45) is 0 Å². The van der Waals surface area contributed by atoms with Gasteiger partial charge in [-0.05, 0) is 122 Å². The maximum atomic E-state index is 10.1. The minimum Gasteiger partial charge on any atom is -0.477 e. The third-order valence-corrected chi connectivity index (χ3v) is 11.2. The Balaban J connectivity index is 0.000000506. The van der Waals surface area contributed by atoms with E-state index >= 15 is 0 Å². The number of aliphatic hydroxyl groups is 4. The van der Waals surface area contributed by atoms with E-state index in [9.17, 15) is 9.59 Å². The molecule has 18 heteroatoms. The Hall–Kier alpha value is -7.21. The molecule has 12 aromatic rings. The number of benzene rings is 6. The topological polar surface area (TPSA) is 233 Å². The second-order valence-corrected chi connectivity index (χ2v) is 18.4. The molecule has 0 spiro atoms. The van der Waals surface area contributed by atoms with Gasteiger partial charge in [-0.3, -0.25) is 0 Å². The summed E-state index contributed by atoms with van der Waals surface area (Å²) in [6.07, 6.45) is 9.56. The van der Waals surface area contributed by atoms with Crippen molar-refractivity contribution >= 4 is 55.3 Å². The smallest absolute Gasteiger partial charge is 0.354 e. The van der Waals surface area contributed by atoms with Gasteiger partial charge in [-0.25, -0.2) is 19.6 Å². The zero-order valence-corrected chi connectivity index (χ0v) is 57.4. The Labute approximate surface area is 571 Å². The van der Waals surface area contributed by atoms with Gasteiger partial charge in [0.1, 0.15) is 11.4 Å². The van der Waals surface area contributed by atoms with Gasteiger partial charge >= 0.3 is 11.9 Å². The molecule has 0 aliphatic heterocycles. The number of aromatic nitrogens is 6. The molecule has 4 atom stereocenters. The van der Waals surface area contributed by atoms with Crippen molar-refractivity contribution in [1.82, 2.24) is 29.9 Å². The number of nitrogens with zero attached hydrogens (tertiary/aromatic N) is 6. The Morgan fingerprint density at radius 1 is 0.341 bits per heavy atom. The fourth-order valence-electron chi connectivity index (χ4n) is 7.58. The summed E-state index contributed by atoms with van der Waals surface area (Å²) in [7, 11) is 0. The molecule has 6 heterocycles. The van der Waals surface area contributed by atoms with Gasteiger partial charge in [0.25, 0.3) is 0 Å². The normalized spacial score (nSPS) is 10.9. The first-order valence-electron chi connectivity index (χ1n) is 26.8. The van der Waals surface area contributed by atoms with Gasteiger partial charge in [0, 0.05) is 121 Å². The van der Waals surface area contributed by atoms with Crippen LogP contribution in [0.15, 0.2) is 243 Å². The van der Waals surface area contributed by atoms with E-state index in [1.165, 1.54) is 46.1 Å². The number of aliphatic hydroxyl groups excluding tert-OH is 4. The maximum absolute atomic E-state index is 10.1. The van der Waals surface area contributed by atoms with Crippen LogP contribution >= 0.6 is 0 Å². The van der Waals surface area contributed by atoms with Gasteiger partial charge in [0.15, 0.2) is 0 Å².